The molecule has 1 nitrogen and oxygen atoms in total. The lowest BCUT2D eigenvalue weighted by atomic mass is 10.00. The number of carbonyl (C=O) groups excluding carboxylic acids is 1. The van der Waals surface area contributed by atoms with Crippen molar-refractivity contribution >= 4 is 12.4 Å². The molecule has 0 unspecified atom stereocenters. The van der Waals surface area contributed by atoms with E-state index in [-0.39, 0.29) is 0 Å². The standard InChI is InChI=1S/C17H24O/c1-2-3-4-5-6-7-11-16-12-8-9-13-17(16)14-10-15-18/h8-10,12-15H,2-7,11H2,1H3/b14-10+. The van der Waals surface area contributed by atoms with Gasteiger partial charge < -0.3 is 0 Å². The van der Waals surface area contributed by atoms with Crippen molar-refractivity contribution in [1.29, 1.82) is 0 Å². The molecule has 1 aromatic rings. The molecule has 0 aromatic heterocycles. The number of unbranched alkanes of at least 4 members (excludes halogenated alkanes) is 5. The van der Waals surface area contributed by atoms with Crippen LogP contribution >= 0.6 is 0 Å². The summed E-state index contributed by atoms with van der Waals surface area (Å²) in [7, 11) is 0. The van der Waals surface area contributed by atoms with E-state index < -0.39 is 0 Å². The van der Waals surface area contributed by atoms with Crippen LogP contribution in [0.5, 0.6) is 0 Å². The fourth-order valence-electron chi connectivity index (χ4n) is 2.16. The van der Waals surface area contributed by atoms with E-state index in [0.717, 1.165) is 12.7 Å². The highest BCUT2D eigenvalue weighted by Gasteiger charge is 1.98. The quantitative estimate of drug-likeness (QED) is 0.346. The highest BCUT2D eigenvalue weighted by molar-refractivity contribution is 5.74. The average molecular weight is 244 g/mol. The van der Waals surface area contributed by atoms with Crippen LogP contribution in [0.2, 0.25) is 0 Å². The number of aldehydes is 1. The first-order chi connectivity index (χ1) is 8.88. The zero-order valence-electron chi connectivity index (χ0n) is 11.4. The first-order valence-electron chi connectivity index (χ1n) is 7.08. The monoisotopic (exact) mass is 244 g/mol. The molecule has 0 saturated heterocycles. The molecule has 0 amide bonds. The van der Waals surface area contributed by atoms with Crippen molar-refractivity contribution in [2.75, 3.05) is 0 Å². The Hall–Kier alpha value is -1.37. The van der Waals surface area contributed by atoms with Gasteiger partial charge in [-0.25, -0.2) is 0 Å². The second kappa shape index (κ2) is 9.64. The number of benzene rings is 1. The predicted octanol–water partition coefficient (Wildman–Crippen LogP) is 4.80. The minimum Gasteiger partial charge on any atom is -0.299 e. The molecule has 0 atom stereocenters. The molecule has 1 heteroatoms. The molecular weight excluding hydrogens is 220 g/mol. The van der Waals surface area contributed by atoms with Gasteiger partial charge in [0.05, 0.1) is 0 Å². The Morgan fingerprint density at radius 2 is 1.72 bits per heavy atom. The maximum atomic E-state index is 10.4. The van der Waals surface area contributed by atoms with Crippen LogP contribution in [0.1, 0.15) is 56.6 Å². The van der Waals surface area contributed by atoms with Gasteiger partial charge in [-0.3, -0.25) is 4.79 Å². The maximum absolute atomic E-state index is 10.4. The van der Waals surface area contributed by atoms with Gasteiger partial charge in [-0.2, -0.15) is 0 Å². The van der Waals surface area contributed by atoms with Gasteiger partial charge in [0.25, 0.3) is 0 Å². The van der Waals surface area contributed by atoms with Gasteiger partial charge in [-0.15, -0.1) is 0 Å². The smallest absolute Gasteiger partial charge is 0.142 e. The number of hydrogen-bond acceptors (Lipinski definition) is 1. The van der Waals surface area contributed by atoms with Crippen LogP contribution in [-0.4, -0.2) is 6.29 Å². The summed E-state index contributed by atoms with van der Waals surface area (Å²) in [5.74, 6) is 0. The van der Waals surface area contributed by atoms with E-state index >= 15 is 0 Å². The Bertz CT molecular complexity index is 366. The van der Waals surface area contributed by atoms with Crippen LogP contribution in [-0.2, 0) is 11.2 Å². The van der Waals surface area contributed by atoms with E-state index in [1.54, 1.807) is 6.08 Å². The van der Waals surface area contributed by atoms with Crippen molar-refractivity contribution in [3.05, 3.63) is 41.5 Å². The van der Waals surface area contributed by atoms with Gasteiger partial charge in [0.15, 0.2) is 0 Å². The summed E-state index contributed by atoms with van der Waals surface area (Å²) >= 11 is 0. The summed E-state index contributed by atoms with van der Waals surface area (Å²) in [5, 5.41) is 0. The first kappa shape index (κ1) is 14.7. The largest absolute Gasteiger partial charge is 0.299 e. The highest BCUT2D eigenvalue weighted by atomic mass is 16.1. The first-order valence-corrected chi connectivity index (χ1v) is 7.08. The SMILES string of the molecule is CCCCCCCCc1ccccc1/C=C/C=O. The third-order valence-corrected chi connectivity index (χ3v) is 3.21. The van der Waals surface area contributed by atoms with E-state index in [1.807, 2.05) is 12.1 Å². The Balaban J connectivity index is 2.37. The van der Waals surface area contributed by atoms with Crippen LogP contribution in [0.15, 0.2) is 30.3 Å². The predicted molar refractivity (Wildman–Crippen MR) is 78.6 cm³/mol. The highest BCUT2D eigenvalue weighted by Crippen LogP contribution is 2.15. The second-order valence-corrected chi connectivity index (χ2v) is 4.71. The van der Waals surface area contributed by atoms with Gasteiger partial charge in [0.1, 0.15) is 6.29 Å². The molecule has 1 aromatic carbocycles. The van der Waals surface area contributed by atoms with E-state index in [4.69, 9.17) is 0 Å². The molecule has 98 valence electrons. The van der Waals surface area contributed by atoms with Crippen LogP contribution in [0.4, 0.5) is 0 Å². The lowest BCUT2D eigenvalue weighted by Crippen LogP contribution is -1.90. The molecule has 0 aliphatic heterocycles. The van der Waals surface area contributed by atoms with Crippen molar-refractivity contribution in [3.63, 3.8) is 0 Å². The van der Waals surface area contributed by atoms with Crippen molar-refractivity contribution in [2.24, 2.45) is 0 Å². The third-order valence-electron chi connectivity index (χ3n) is 3.21. The van der Waals surface area contributed by atoms with Gasteiger partial charge in [-0.1, -0.05) is 69.4 Å². The third kappa shape index (κ3) is 5.81. The Kier molecular flexibility index (Phi) is 7.87. The molecule has 0 spiro atoms. The molecule has 0 aliphatic rings. The zero-order chi connectivity index (χ0) is 13.1. The summed E-state index contributed by atoms with van der Waals surface area (Å²) in [5.41, 5.74) is 2.53. The number of allylic oxidation sites excluding steroid dienone is 1. The normalized spacial score (nSPS) is 10.9. The molecule has 0 fully saturated rings. The molecule has 0 heterocycles. The molecule has 1 rings (SSSR count). The molecular formula is C17H24O. The van der Waals surface area contributed by atoms with Gasteiger partial charge in [0.2, 0.25) is 0 Å². The van der Waals surface area contributed by atoms with Crippen molar-refractivity contribution in [1.82, 2.24) is 0 Å². The van der Waals surface area contributed by atoms with Crippen LogP contribution in [0, 0.1) is 0 Å². The number of aryl methyl sites for hydroxylation is 1. The topological polar surface area (TPSA) is 17.1 Å². The lowest BCUT2D eigenvalue weighted by molar-refractivity contribution is -0.104. The van der Waals surface area contributed by atoms with Crippen LogP contribution in [0.25, 0.3) is 6.08 Å². The minimum atomic E-state index is 0.835. The van der Waals surface area contributed by atoms with E-state index in [1.165, 1.54) is 49.7 Å². The fourth-order valence-corrected chi connectivity index (χ4v) is 2.16. The fraction of sp³-hybridized carbons (Fsp3) is 0.471. The molecule has 0 aliphatic carbocycles. The Morgan fingerprint density at radius 1 is 1.00 bits per heavy atom. The summed E-state index contributed by atoms with van der Waals surface area (Å²) in [6.45, 7) is 2.25. The minimum absolute atomic E-state index is 0.835. The van der Waals surface area contributed by atoms with Gasteiger partial charge >= 0.3 is 0 Å². The van der Waals surface area contributed by atoms with E-state index in [2.05, 4.69) is 25.1 Å². The van der Waals surface area contributed by atoms with Gasteiger partial charge in [0, 0.05) is 0 Å². The van der Waals surface area contributed by atoms with Crippen molar-refractivity contribution in [3.8, 4) is 0 Å². The molecule has 0 saturated carbocycles. The average Bonchev–Trinajstić information content (AvgIpc) is 2.41. The van der Waals surface area contributed by atoms with Crippen LogP contribution in [0.3, 0.4) is 0 Å². The molecule has 0 bridgehead atoms. The van der Waals surface area contributed by atoms with Crippen LogP contribution < -0.4 is 0 Å². The molecule has 0 N–H and O–H groups in total. The summed E-state index contributed by atoms with van der Waals surface area (Å²) in [4.78, 5) is 10.4. The van der Waals surface area contributed by atoms with Crippen molar-refractivity contribution in [2.45, 2.75) is 51.9 Å². The molecule has 18 heavy (non-hydrogen) atoms. The van der Waals surface area contributed by atoms with Crippen molar-refractivity contribution < 1.29 is 4.79 Å². The lowest BCUT2D eigenvalue weighted by Gasteiger charge is -2.05. The summed E-state index contributed by atoms with van der Waals surface area (Å²) in [6.07, 6.45) is 13.4. The van der Waals surface area contributed by atoms with E-state index in [0.29, 0.717) is 0 Å². The maximum Gasteiger partial charge on any atom is 0.142 e. The number of rotatable bonds is 9. The number of carbonyl (C=O) groups is 1. The summed E-state index contributed by atoms with van der Waals surface area (Å²) in [6, 6.07) is 8.34. The second-order valence-electron chi connectivity index (χ2n) is 4.71. The molecule has 0 radical (unpaired) electrons. The van der Waals surface area contributed by atoms with Gasteiger partial charge in [-0.05, 0) is 30.0 Å². The Morgan fingerprint density at radius 3 is 2.50 bits per heavy atom. The Labute approximate surface area is 111 Å². The van der Waals surface area contributed by atoms with E-state index in [9.17, 15) is 4.79 Å². The number of hydrogen-bond donors (Lipinski definition) is 0. The summed E-state index contributed by atoms with van der Waals surface area (Å²) < 4.78 is 0. The zero-order valence-corrected chi connectivity index (χ0v) is 11.4.